The fraction of sp³-hybridized carbons (Fsp3) is 0.231. The molecule has 2 heterocycles. The van der Waals surface area contributed by atoms with E-state index in [1.807, 2.05) is 35.0 Å². The summed E-state index contributed by atoms with van der Waals surface area (Å²) in [7, 11) is 0. The minimum absolute atomic E-state index is 0.0205. The van der Waals surface area contributed by atoms with E-state index < -0.39 is 0 Å². The standard InChI is InChI=1S/C13H13N3O2/c1-9-14-12(15-18-9)7-16-6-5-10-3-2-4-11(8-17)13(10)16/h2-6,17H,7-8H2,1H3. The Bertz CT molecular complexity index is 684. The second-order valence-electron chi connectivity index (χ2n) is 4.19. The number of aliphatic hydroxyl groups is 1. The van der Waals surface area contributed by atoms with E-state index in [1.54, 1.807) is 6.92 Å². The van der Waals surface area contributed by atoms with E-state index in [0.717, 1.165) is 16.5 Å². The fourth-order valence-corrected chi connectivity index (χ4v) is 2.16. The summed E-state index contributed by atoms with van der Waals surface area (Å²) in [5, 5.41) is 14.4. The highest BCUT2D eigenvalue weighted by molar-refractivity contribution is 5.83. The average molecular weight is 243 g/mol. The maximum atomic E-state index is 9.39. The molecule has 0 atom stereocenters. The number of hydrogen-bond acceptors (Lipinski definition) is 4. The SMILES string of the molecule is Cc1nc(Cn2ccc3cccc(CO)c32)no1. The molecule has 0 radical (unpaired) electrons. The molecule has 0 aliphatic rings. The van der Waals surface area contributed by atoms with Gasteiger partial charge < -0.3 is 14.2 Å². The van der Waals surface area contributed by atoms with E-state index in [1.165, 1.54) is 0 Å². The van der Waals surface area contributed by atoms with Gasteiger partial charge in [0.05, 0.1) is 18.7 Å². The van der Waals surface area contributed by atoms with Crippen molar-refractivity contribution in [3.05, 3.63) is 47.7 Å². The van der Waals surface area contributed by atoms with E-state index in [4.69, 9.17) is 4.52 Å². The summed E-state index contributed by atoms with van der Waals surface area (Å²) in [5.74, 6) is 1.20. The number of aryl methyl sites for hydroxylation is 1. The minimum Gasteiger partial charge on any atom is -0.392 e. The van der Waals surface area contributed by atoms with Crippen LogP contribution in [0.4, 0.5) is 0 Å². The lowest BCUT2D eigenvalue weighted by Crippen LogP contribution is -2.02. The Labute approximate surface area is 104 Å². The van der Waals surface area contributed by atoms with Gasteiger partial charge in [-0.1, -0.05) is 23.4 Å². The average Bonchev–Trinajstić information content (AvgIpc) is 2.97. The van der Waals surface area contributed by atoms with Crippen molar-refractivity contribution in [2.24, 2.45) is 0 Å². The zero-order chi connectivity index (χ0) is 12.5. The van der Waals surface area contributed by atoms with Crippen LogP contribution in [0.15, 0.2) is 35.0 Å². The van der Waals surface area contributed by atoms with E-state index >= 15 is 0 Å². The van der Waals surface area contributed by atoms with Gasteiger partial charge in [0.25, 0.3) is 0 Å². The fourth-order valence-electron chi connectivity index (χ4n) is 2.16. The van der Waals surface area contributed by atoms with Crippen molar-refractivity contribution >= 4 is 10.9 Å². The number of para-hydroxylation sites is 1. The van der Waals surface area contributed by atoms with Gasteiger partial charge in [0.1, 0.15) is 0 Å². The highest BCUT2D eigenvalue weighted by Gasteiger charge is 2.09. The number of fused-ring (bicyclic) bond motifs is 1. The summed E-state index contributed by atoms with van der Waals surface area (Å²) in [6.07, 6.45) is 1.97. The molecule has 3 aromatic rings. The Balaban J connectivity index is 2.06. The van der Waals surface area contributed by atoms with Crippen molar-refractivity contribution in [1.29, 1.82) is 0 Å². The van der Waals surface area contributed by atoms with Crippen LogP contribution in [0.5, 0.6) is 0 Å². The molecule has 0 aliphatic heterocycles. The zero-order valence-corrected chi connectivity index (χ0v) is 10.00. The third kappa shape index (κ3) is 1.78. The van der Waals surface area contributed by atoms with Crippen molar-refractivity contribution < 1.29 is 9.63 Å². The summed E-state index contributed by atoms with van der Waals surface area (Å²) in [4.78, 5) is 4.19. The van der Waals surface area contributed by atoms with Crippen LogP contribution < -0.4 is 0 Å². The summed E-state index contributed by atoms with van der Waals surface area (Å²) in [6.45, 7) is 2.33. The zero-order valence-electron chi connectivity index (χ0n) is 10.00. The van der Waals surface area contributed by atoms with Crippen LogP contribution in [-0.4, -0.2) is 19.8 Å². The van der Waals surface area contributed by atoms with E-state index in [0.29, 0.717) is 18.3 Å². The van der Waals surface area contributed by atoms with Gasteiger partial charge in [-0.15, -0.1) is 0 Å². The first-order chi connectivity index (χ1) is 8.78. The molecule has 0 amide bonds. The van der Waals surface area contributed by atoms with Crippen LogP contribution in [0, 0.1) is 6.92 Å². The number of aliphatic hydroxyl groups excluding tert-OH is 1. The van der Waals surface area contributed by atoms with E-state index in [2.05, 4.69) is 10.1 Å². The molecule has 0 saturated heterocycles. The summed E-state index contributed by atoms with van der Waals surface area (Å²) in [6, 6.07) is 7.89. The molecule has 1 N–H and O–H groups in total. The number of hydrogen-bond donors (Lipinski definition) is 1. The van der Waals surface area contributed by atoms with Crippen LogP contribution in [0.2, 0.25) is 0 Å². The van der Waals surface area contributed by atoms with Crippen LogP contribution >= 0.6 is 0 Å². The Morgan fingerprint density at radius 3 is 2.94 bits per heavy atom. The predicted octanol–water partition coefficient (Wildman–Crippen LogP) is 1.87. The van der Waals surface area contributed by atoms with E-state index in [9.17, 15) is 5.11 Å². The van der Waals surface area contributed by atoms with E-state index in [-0.39, 0.29) is 6.61 Å². The second kappa shape index (κ2) is 4.27. The molecule has 92 valence electrons. The Hall–Kier alpha value is -2.14. The molecular weight excluding hydrogens is 230 g/mol. The Morgan fingerprint density at radius 1 is 1.33 bits per heavy atom. The number of nitrogens with zero attached hydrogens (tertiary/aromatic N) is 3. The van der Waals surface area contributed by atoms with Gasteiger partial charge in [-0.25, -0.2) is 0 Å². The molecule has 2 aromatic heterocycles. The molecular formula is C13H13N3O2. The number of rotatable bonds is 3. The molecule has 0 bridgehead atoms. The van der Waals surface area contributed by atoms with Gasteiger partial charge in [-0.3, -0.25) is 0 Å². The molecule has 5 nitrogen and oxygen atoms in total. The summed E-state index contributed by atoms with van der Waals surface area (Å²) in [5.41, 5.74) is 1.92. The second-order valence-corrected chi connectivity index (χ2v) is 4.19. The van der Waals surface area contributed by atoms with Gasteiger partial charge in [0, 0.05) is 18.7 Å². The third-order valence-electron chi connectivity index (χ3n) is 2.92. The van der Waals surface area contributed by atoms with Gasteiger partial charge in [-0.05, 0) is 11.5 Å². The molecule has 0 spiro atoms. The number of aromatic nitrogens is 3. The molecule has 0 fully saturated rings. The van der Waals surface area contributed by atoms with Crippen molar-refractivity contribution in [2.75, 3.05) is 0 Å². The first-order valence-electron chi connectivity index (χ1n) is 5.74. The monoisotopic (exact) mass is 243 g/mol. The van der Waals surface area contributed by atoms with Crippen LogP contribution in [0.3, 0.4) is 0 Å². The molecule has 0 aliphatic carbocycles. The largest absolute Gasteiger partial charge is 0.392 e. The van der Waals surface area contributed by atoms with Crippen molar-refractivity contribution in [1.82, 2.24) is 14.7 Å². The third-order valence-corrected chi connectivity index (χ3v) is 2.92. The quantitative estimate of drug-likeness (QED) is 0.762. The topological polar surface area (TPSA) is 64.1 Å². The molecule has 0 unspecified atom stereocenters. The lowest BCUT2D eigenvalue weighted by atomic mass is 10.1. The number of benzene rings is 1. The van der Waals surface area contributed by atoms with Gasteiger partial charge in [0.15, 0.2) is 5.82 Å². The lowest BCUT2D eigenvalue weighted by molar-refractivity contribution is 0.283. The van der Waals surface area contributed by atoms with Crippen molar-refractivity contribution in [3.8, 4) is 0 Å². The van der Waals surface area contributed by atoms with Crippen molar-refractivity contribution in [2.45, 2.75) is 20.1 Å². The highest BCUT2D eigenvalue weighted by Crippen LogP contribution is 2.21. The van der Waals surface area contributed by atoms with Crippen LogP contribution in [0.1, 0.15) is 17.3 Å². The Morgan fingerprint density at radius 2 is 2.22 bits per heavy atom. The normalized spacial score (nSPS) is 11.2. The predicted molar refractivity (Wildman–Crippen MR) is 66.0 cm³/mol. The van der Waals surface area contributed by atoms with Crippen molar-refractivity contribution in [3.63, 3.8) is 0 Å². The van der Waals surface area contributed by atoms with Gasteiger partial charge in [0.2, 0.25) is 5.89 Å². The van der Waals surface area contributed by atoms with Gasteiger partial charge in [-0.2, -0.15) is 4.98 Å². The smallest absolute Gasteiger partial charge is 0.223 e. The van der Waals surface area contributed by atoms with Crippen LogP contribution in [0.25, 0.3) is 10.9 Å². The molecule has 18 heavy (non-hydrogen) atoms. The maximum absolute atomic E-state index is 9.39. The van der Waals surface area contributed by atoms with Gasteiger partial charge >= 0.3 is 0 Å². The molecule has 3 rings (SSSR count). The minimum atomic E-state index is 0.0205. The Kier molecular flexibility index (Phi) is 2.60. The lowest BCUT2D eigenvalue weighted by Gasteiger charge is -2.05. The van der Waals surface area contributed by atoms with Crippen LogP contribution in [-0.2, 0) is 13.2 Å². The molecule has 1 aromatic carbocycles. The summed E-state index contributed by atoms with van der Waals surface area (Å²) < 4.78 is 6.98. The molecule has 5 heteroatoms. The maximum Gasteiger partial charge on any atom is 0.223 e. The molecule has 0 saturated carbocycles. The highest BCUT2D eigenvalue weighted by atomic mass is 16.5. The first kappa shape index (κ1) is 11.0. The first-order valence-corrected chi connectivity index (χ1v) is 5.74. The summed E-state index contributed by atoms with van der Waals surface area (Å²) >= 11 is 0.